The van der Waals surface area contributed by atoms with Crippen molar-refractivity contribution in [1.82, 2.24) is 8.87 Å². The quantitative estimate of drug-likeness (QED) is 0.886. The Balaban J connectivity index is 2.15. The second kappa shape index (κ2) is 5.64. The van der Waals surface area contributed by atoms with Crippen molar-refractivity contribution < 1.29 is 8.42 Å². The van der Waals surface area contributed by atoms with E-state index in [1.807, 2.05) is 7.05 Å². The van der Waals surface area contributed by atoms with Crippen molar-refractivity contribution in [3.8, 4) is 0 Å². The molecule has 0 unspecified atom stereocenters. The lowest BCUT2D eigenvalue weighted by atomic mass is 10.1. The van der Waals surface area contributed by atoms with Crippen LogP contribution >= 0.6 is 0 Å². The lowest BCUT2D eigenvalue weighted by Crippen LogP contribution is -2.31. The molecule has 0 aromatic carbocycles. The Morgan fingerprint density at radius 3 is 2.58 bits per heavy atom. The molecule has 1 heterocycles. The van der Waals surface area contributed by atoms with Gasteiger partial charge in [0.15, 0.2) is 0 Å². The summed E-state index contributed by atoms with van der Waals surface area (Å²) >= 11 is 0. The summed E-state index contributed by atoms with van der Waals surface area (Å²) < 4.78 is 28.2. The van der Waals surface area contributed by atoms with Gasteiger partial charge in [-0.15, -0.1) is 0 Å². The zero-order chi connectivity index (χ0) is 14.0. The fraction of sp³-hybridized carbons (Fsp3) is 0.692. The third kappa shape index (κ3) is 3.01. The van der Waals surface area contributed by atoms with E-state index in [0.29, 0.717) is 23.9 Å². The molecule has 0 bridgehead atoms. The average molecular weight is 285 g/mol. The lowest BCUT2D eigenvalue weighted by Gasteiger charge is -2.20. The van der Waals surface area contributed by atoms with Gasteiger partial charge in [0.25, 0.3) is 0 Å². The highest BCUT2D eigenvalue weighted by Gasteiger charge is 2.26. The lowest BCUT2D eigenvalue weighted by molar-refractivity contribution is 0.387. The minimum absolute atomic E-state index is 0.343. The van der Waals surface area contributed by atoms with Gasteiger partial charge in [-0.25, -0.2) is 12.7 Å². The highest BCUT2D eigenvalue weighted by Crippen LogP contribution is 2.27. The maximum atomic E-state index is 12.5. The summed E-state index contributed by atoms with van der Waals surface area (Å²) in [6, 6.07) is 1.67. The molecule has 0 atom stereocenters. The summed E-state index contributed by atoms with van der Waals surface area (Å²) in [5.41, 5.74) is 6.41. The zero-order valence-corrected chi connectivity index (χ0v) is 12.5. The van der Waals surface area contributed by atoms with Crippen LogP contribution in [0.3, 0.4) is 0 Å². The molecule has 1 aromatic rings. The molecule has 1 aliphatic carbocycles. The van der Waals surface area contributed by atoms with Crippen LogP contribution in [0.2, 0.25) is 0 Å². The third-order valence-electron chi connectivity index (χ3n) is 3.99. The number of rotatable bonds is 5. The van der Waals surface area contributed by atoms with Crippen LogP contribution in [-0.4, -0.2) is 30.9 Å². The SMILES string of the molecule is CN(CC1CCCC1)S(=O)(=O)c1cc(CN)n(C)c1. The molecule has 0 spiro atoms. The molecule has 1 aromatic heterocycles. The van der Waals surface area contributed by atoms with E-state index in [2.05, 4.69) is 0 Å². The number of nitrogens with two attached hydrogens (primary N) is 1. The first-order chi connectivity index (χ1) is 8.95. The number of hydrogen-bond acceptors (Lipinski definition) is 3. The van der Waals surface area contributed by atoms with Crippen LogP contribution in [0.15, 0.2) is 17.2 Å². The molecule has 2 rings (SSSR count). The standard InChI is InChI=1S/C13H23N3O2S/c1-15-10-13(7-12(15)8-14)19(17,18)16(2)9-11-5-3-4-6-11/h7,10-11H,3-6,8-9,14H2,1-2H3. The summed E-state index contributed by atoms with van der Waals surface area (Å²) in [6.07, 6.45) is 6.37. The van der Waals surface area contributed by atoms with E-state index >= 15 is 0 Å². The van der Waals surface area contributed by atoms with Crippen LogP contribution < -0.4 is 5.73 Å². The number of aromatic nitrogens is 1. The Morgan fingerprint density at radius 2 is 2.05 bits per heavy atom. The third-order valence-corrected chi connectivity index (χ3v) is 5.78. The molecule has 0 amide bonds. The number of sulfonamides is 1. The molecule has 5 nitrogen and oxygen atoms in total. The molecule has 0 radical (unpaired) electrons. The van der Waals surface area contributed by atoms with E-state index in [4.69, 9.17) is 5.73 Å². The van der Waals surface area contributed by atoms with E-state index in [9.17, 15) is 8.42 Å². The van der Waals surface area contributed by atoms with Crippen molar-refractivity contribution in [1.29, 1.82) is 0 Å². The molecule has 1 saturated carbocycles. The predicted molar refractivity (Wildman–Crippen MR) is 75.1 cm³/mol. The largest absolute Gasteiger partial charge is 0.352 e. The molecule has 6 heteroatoms. The van der Waals surface area contributed by atoms with Crippen molar-refractivity contribution in [3.63, 3.8) is 0 Å². The predicted octanol–water partition coefficient (Wildman–Crippen LogP) is 1.29. The fourth-order valence-corrected chi connectivity index (χ4v) is 4.10. The molecular weight excluding hydrogens is 262 g/mol. The minimum Gasteiger partial charge on any atom is -0.352 e. The van der Waals surface area contributed by atoms with Gasteiger partial charge in [0.2, 0.25) is 10.0 Å². The van der Waals surface area contributed by atoms with E-state index in [0.717, 1.165) is 18.5 Å². The molecule has 1 aliphatic rings. The Kier molecular flexibility index (Phi) is 4.32. The van der Waals surface area contributed by atoms with Crippen molar-refractivity contribution in [2.75, 3.05) is 13.6 Å². The van der Waals surface area contributed by atoms with Gasteiger partial charge in [-0.2, -0.15) is 0 Å². The minimum atomic E-state index is -3.38. The summed E-state index contributed by atoms with van der Waals surface area (Å²) in [5, 5.41) is 0. The smallest absolute Gasteiger partial charge is 0.244 e. The summed E-state index contributed by atoms with van der Waals surface area (Å²) in [4.78, 5) is 0.343. The maximum Gasteiger partial charge on any atom is 0.244 e. The monoisotopic (exact) mass is 285 g/mol. The van der Waals surface area contributed by atoms with Gasteiger partial charge in [0.05, 0.1) is 0 Å². The molecule has 1 fully saturated rings. The second-order valence-electron chi connectivity index (χ2n) is 5.42. The van der Waals surface area contributed by atoms with Gasteiger partial charge in [0, 0.05) is 39.1 Å². The van der Waals surface area contributed by atoms with Crippen LogP contribution in [0.25, 0.3) is 0 Å². The Hall–Kier alpha value is -0.850. The van der Waals surface area contributed by atoms with Crippen molar-refractivity contribution in [2.45, 2.75) is 37.1 Å². The van der Waals surface area contributed by atoms with Gasteiger partial charge in [0.1, 0.15) is 4.90 Å². The fourth-order valence-electron chi connectivity index (χ4n) is 2.76. The first kappa shape index (κ1) is 14.6. The van der Waals surface area contributed by atoms with Crippen LogP contribution in [0, 0.1) is 5.92 Å². The summed E-state index contributed by atoms with van der Waals surface area (Å²) in [5.74, 6) is 0.512. The molecule has 108 valence electrons. The van der Waals surface area contributed by atoms with E-state index in [1.165, 1.54) is 17.1 Å². The summed E-state index contributed by atoms with van der Waals surface area (Å²) in [6.45, 7) is 0.966. The Bertz CT molecular complexity index is 530. The van der Waals surface area contributed by atoms with Gasteiger partial charge < -0.3 is 10.3 Å². The van der Waals surface area contributed by atoms with Gasteiger partial charge in [-0.1, -0.05) is 12.8 Å². The number of aryl methyl sites for hydroxylation is 1. The van der Waals surface area contributed by atoms with E-state index < -0.39 is 10.0 Å². The van der Waals surface area contributed by atoms with Gasteiger partial charge in [-0.3, -0.25) is 0 Å². The molecule has 19 heavy (non-hydrogen) atoms. The Morgan fingerprint density at radius 1 is 1.42 bits per heavy atom. The number of nitrogens with zero attached hydrogens (tertiary/aromatic N) is 2. The second-order valence-corrected chi connectivity index (χ2v) is 7.46. The molecular formula is C13H23N3O2S. The highest BCUT2D eigenvalue weighted by molar-refractivity contribution is 7.89. The average Bonchev–Trinajstić information content (AvgIpc) is 2.98. The molecule has 0 aliphatic heterocycles. The highest BCUT2D eigenvalue weighted by atomic mass is 32.2. The Labute approximate surface area is 115 Å². The van der Waals surface area contributed by atoms with Gasteiger partial charge >= 0.3 is 0 Å². The van der Waals surface area contributed by atoms with Crippen molar-refractivity contribution in [2.24, 2.45) is 18.7 Å². The van der Waals surface area contributed by atoms with Crippen molar-refractivity contribution >= 4 is 10.0 Å². The van der Waals surface area contributed by atoms with Gasteiger partial charge in [-0.05, 0) is 24.8 Å². The van der Waals surface area contributed by atoms with Crippen LogP contribution in [0.5, 0.6) is 0 Å². The van der Waals surface area contributed by atoms with Crippen LogP contribution in [-0.2, 0) is 23.6 Å². The zero-order valence-electron chi connectivity index (χ0n) is 11.7. The van der Waals surface area contributed by atoms with Crippen LogP contribution in [0.1, 0.15) is 31.4 Å². The summed E-state index contributed by atoms with van der Waals surface area (Å²) in [7, 11) is 0.106. The van der Waals surface area contributed by atoms with Crippen molar-refractivity contribution in [3.05, 3.63) is 18.0 Å². The molecule has 2 N–H and O–H groups in total. The van der Waals surface area contributed by atoms with E-state index in [1.54, 1.807) is 23.9 Å². The topological polar surface area (TPSA) is 68.3 Å². The van der Waals surface area contributed by atoms with Crippen LogP contribution in [0.4, 0.5) is 0 Å². The van der Waals surface area contributed by atoms with E-state index in [-0.39, 0.29) is 0 Å². The normalized spacial score (nSPS) is 17.5. The molecule has 0 saturated heterocycles. The maximum absolute atomic E-state index is 12.5. The first-order valence-corrected chi connectivity index (χ1v) is 8.21. The number of hydrogen-bond donors (Lipinski definition) is 1. The first-order valence-electron chi connectivity index (χ1n) is 6.77.